The van der Waals surface area contributed by atoms with Crippen molar-refractivity contribution in [2.24, 2.45) is 0 Å². The Balaban J connectivity index is 1.97. The van der Waals surface area contributed by atoms with Gasteiger partial charge in [-0.2, -0.15) is 0 Å². The Labute approximate surface area is 153 Å². The van der Waals surface area contributed by atoms with Crippen LogP contribution in [-0.2, 0) is 6.42 Å². The highest BCUT2D eigenvalue weighted by Gasteiger charge is 2.11. The molecular weight excluding hydrogens is 343 g/mol. The standard InChI is InChI=1S/C19H22Cl2N2O/c1-3-23(4-2)12-11-14-5-8-16(9-6-14)22-19(24)17-10-7-15(20)13-18(17)21/h5-10,13H,3-4,11-12H2,1-2H3,(H,22,24). The smallest absolute Gasteiger partial charge is 0.257 e. The Hall–Kier alpha value is -1.55. The molecule has 0 radical (unpaired) electrons. The van der Waals surface area contributed by atoms with E-state index >= 15 is 0 Å². The number of likely N-dealkylation sites (N-methyl/N-ethyl adjacent to an activating group) is 1. The Kier molecular flexibility index (Phi) is 7.10. The molecule has 0 aliphatic rings. The van der Waals surface area contributed by atoms with Gasteiger partial charge in [0.05, 0.1) is 10.6 Å². The van der Waals surface area contributed by atoms with Gasteiger partial charge in [0.15, 0.2) is 0 Å². The third-order valence-electron chi connectivity index (χ3n) is 4.00. The van der Waals surface area contributed by atoms with Crippen molar-refractivity contribution >= 4 is 34.8 Å². The first-order chi connectivity index (χ1) is 11.5. The van der Waals surface area contributed by atoms with Crippen molar-refractivity contribution in [2.45, 2.75) is 20.3 Å². The predicted molar refractivity (Wildman–Crippen MR) is 102 cm³/mol. The zero-order chi connectivity index (χ0) is 17.5. The minimum atomic E-state index is -0.243. The Morgan fingerprint density at radius 1 is 1.04 bits per heavy atom. The molecule has 0 aliphatic carbocycles. The maximum Gasteiger partial charge on any atom is 0.257 e. The van der Waals surface area contributed by atoms with Gasteiger partial charge < -0.3 is 10.2 Å². The third kappa shape index (κ3) is 5.23. The number of rotatable bonds is 7. The molecule has 0 spiro atoms. The summed E-state index contributed by atoms with van der Waals surface area (Å²) in [6.45, 7) is 7.51. The molecule has 0 saturated carbocycles. The van der Waals surface area contributed by atoms with Crippen LogP contribution >= 0.6 is 23.2 Å². The zero-order valence-electron chi connectivity index (χ0n) is 14.0. The second kappa shape index (κ2) is 9.07. The van der Waals surface area contributed by atoms with Gasteiger partial charge in [0, 0.05) is 17.3 Å². The van der Waals surface area contributed by atoms with Gasteiger partial charge in [-0.05, 0) is 55.4 Å². The van der Waals surface area contributed by atoms with Crippen LogP contribution in [0.25, 0.3) is 0 Å². The van der Waals surface area contributed by atoms with Gasteiger partial charge in [-0.15, -0.1) is 0 Å². The summed E-state index contributed by atoms with van der Waals surface area (Å²) in [6, 6.07) is 12.8. The van der Waals surface area contributed by atoms with Gasteiger partial charge in [0.1, 0.15) is 0 Å². The quantitative estimate of drug-likeness (QED) is 0.738. The normalized spacial score (nSPS) is 10.9. The highest BCUT2D eigenvalue weighted by Crippen LogP contribution is 2.22. The molecule has 24 heavy (non-hydrogen) atoms. The third-order valence-corrected chi connectivity index (χ3v) is 4.55. The summed E-state index contributed by atoms with van der Waals surface area (Å²) in [5.41, 5.74) is 2.41. The van der Waals surface area contributed by atoms with Crippen molar-refractivity contribution < 1.29 is 4.79 Å². The van der Waals surface area contributed by atoms with E-state index < -0.39 is 0 Å². The molecule has 3 nitrogen and oxygen atoms in total. The largest absolute Gasteiger partial charge is 0.322 e. The van der Waals surface area contributed by atoms with Crippen LogP contribution in [0.3, 0.4) is 0 Å². The fourth-order valence-electron chi connectivity index (χ4n) is 2.45. The summed E-state index contributed by atoms with van der Waals surface area (Å²) in [4.78, 5) is 14.7. The van der Waals surface area contributed by atoms with E-state index in [-0.39, 0.29) is 5.91 Å². The first-order valence-corrected chi connectivity index (χ1v) is 8.86. The highest BCUT2D eigenvalue weighted by atomic mass is 35.5. The molecule has 0 aromatic heterocycles. The molecule has 2 rings (SSSR count). The monoisotopic (exact) mass is 364 g/mol. The molecule has 0 atom stereocenters. The molecular formula is C19H22Cl2N2O. The zero-order valence-corrected chi connectivity index (χ0v) is 15.5. The fourth-order valence-corrected chi connectivity index (χ4v) is 2.95. The maximum atomic E-state index is 12.3. The number of hydrogen-bond acceptors (Lipinski definition) is 2. The van der Waals surface area contributed by atoms with Gasteiger partial charge >= 0.3 is 0 Å². The van der Waals surface area contributed by atoms with E-state index in [4.69, 9.17) is 23.2 Å². The number of nitrogens with zero attached hydrogens (tertiary/aromatic N) is 1. The fraction of sp³-hybridized carbons (Fsp3) is 0.316. The van der Waals surface area contributed by atoms with E-state index in [1.54, 1.807) is 18.2 Å². The molecule has 2 aromatic carbocycles. The second-order valence-corrected chi connectivity index (χ2v) is 6.40. The van der Waals surface area contributed by atoms with Crippen LogP contribution < -0.4 is 5.32 Å². The Morgan fingerprint density at radius 3 is 2.29 bits per heavy atom. The lowest BCUT2D eigenvalue weighted by Gasteiger charge is -2.17. The summed E-state index contributed by atoms with van der Waals surface area (Å²) in [7, 11) is 0. The SMILES string of the molecule is CCN(CC)CCc1ccc(NC(=O)c2ccc(Cl)cc2Cl)cc1. The summed E-state index contributed by atoms with van der Waals surface area (Å²) in [5, 5.41) is 3.71. The van der Waals surface area contributed by atoms with Gasteiger partial charge in [-0.25, -0.2) is 0 Å². The minimum Gasteiger partial charge on any atom is -0.322 e. The molecule has 1 amide bonds. The minimum absolute atomic E-state index is 0.243. The van der Waals surface area contributed by atoms with E-state index in [0.717, 1.165) is 31.7 Å². The Morgan fingerprint density at radius 2 is 1.71 bits per heavy atom. The van der Waals surface area contributed by atoms with Gasteiger partial charge in [-0.3, -0.25) is 4.79 Å². The van der Waals surface area contributed by atoms with Crippen LogP contribution in [0.1, 0.15) is 29.8 Å². The number of hydrogen-bond donors (Lipinski definition) is 1. The number of halogens is 2. The first-order valence-electron chi connectivity index (χ1n) is 8.11. The molecule has 128 valence electrons. The van der Waals surface area contributed by atoms with E-state index in [0.29, 0.717) is 15.6 Å². The average molecular weight is 365 g/mol. The molecule has 0 heterocycles. The van der Waals surface area contributed by atoms with Crippen LogP contribution in [0.4, 0.5) is 5.69 Å². The molecule has 0 fully saturated rings. The molecule has 0 bridgehead atoms. The highest BCUT2D eigenvalue weighted by molar-refractivity contribution is 6.37. The van der Waals surface area contributed by atoms with Crippen molar-refractivity contribution in [3.63, 3.8) is 0 Å². The van der Waals surface area contributed by atoms with Crippen LogP contribution in [-0.4, -0.2) is 30.4 Å². The van der Waals surface area contributed by atoms with Crippen molar-refractivity contribution in [1.82, 2.24) is 4.90 Å². The Bertz CT molecular complexity index is 682. The summed E-state index contributed by atoms with van der Waals surface area (Å²) < 4.78 is 0. The van der Waals surface area contributed by atoms with E-state index in [9.17, 15) is 4.79 Å². The van der Waals surface area contributed by atoms with Crippen LogP contribution in [0, 0.1) is 0 Å². The maximum absolute atomic E-state index is 12.3. The van der Waals surface area contributed by atoms with Crippen molar-refractivity contribution in [2.75, 3.05) is 25.0 Å². The molecule has 2 aromatic rings. The van der Waals surface area contributed by atoms with Crippen molar-refractivity contribution in [3.8, 4) is 0 Å². The van der Waals surface area contributed by atoms with Crippen molar-refractivity contribution in [3.05, 3.63) is 63.6 Å². The number of carbonyl (C=O) groups is 1. The van der Waals surface area contributed by atoms with Crippen LogP contribution in [0.2, 0.25) is 10.0 Å². The first kappa shape index (κ1) is 18.8. The van der Waals surface area contributed by atoms with E-state index in [2.05, 4.69) is 24.1 Å². The summed E-state index contributed by atoms with van der Waals surface area (Å²) >= 11 is 11.9. The summed E-state index contributed by atoms with van der Waals surface area (Å²) in [5.74, 6) is -0.243. The number of benzene rings is 2. The molecule has 0 unspecified atom stereocenters. The van der Waals surface area contributed by atoms with Gasteiger partial charge in [0.2, 0.25) is 0 Å². The second-order valence-electron chi connectivity index (χ2n) is 5.55. The van der Waals surface area contributed by atoms with Crippen LogP contribution in [0.15, 0.2) is 42.5 Å². The van der Waals surface area contributed by atoms with Crippen molar-refractivity contribution in [1.29, 1.82) is 0 Å². The van der Waals surface area contributed by atoms with Gasteiger partial charge in [-0.1, -0.05) is 49.2 Å². The topological polar surface area (TPSA) is 32.3 Å². The van der Waals surface area contributed by atoms with Gasteiger partial charge in [0.25, 0.3) is 5.91 Å². The van der Waals surface area contributed by atoms with Crippen LogP contribution in [0.5, 0.6) is 0 Å². The summed E-state index contributed by atoms with van der Waals surface area (Å²) in [6.07, 6.45) is 0.999. The number of nitrogens with one attached hydrogen (secondary N) is 1. The molecule has 0 aliphatic heterocycles. The molecule has 0 saturated heterocycles. The number of amides is 1. The lowest BCUT2D eigenvalue weighted by atomic mass is 10.1. The number of carbonyl (C=O) groups excluding carboxylic acids is 1. The van der Waals surface area contributed by atoms with E-state index in [1.807, 2.05) is 24.3 Å². The van der Waals surface area contributed by atoms with E-state index in [1.165, 1.54) is 5.56 Å². The lowest BCUT2D eigenvalue weighted by molar-refractivity contribution is 0.102. The molecule has 5 heteroatoms. The lowest BCUT2D eigenvalue weighted by Crippen LogP contribution is -2.25. The number of anilines is 1. The molecule has 1 N–H and O–H groups in total. The predicted octanol–water partition coefficient (Wildman–Crippen LogP) is 5.13. The average Bonchev–Trinajstić information content (AvgIpc) is 2.57.